The first-order valence-corrected chi connectivity index (χ1v) is 5.15. The minimum absolute atomic E-state index is 0.111. The van der Waals surface area contributed by atoms with E-state index in [4.69, 9.17) is 0 Å². The van der Waals surface area contributed by atoms with Crippen molar-refractivity contribution in [1.29, 1.82) is 0 Å². The average Bonchev–Trinajstić information content (AvgIpc) is 2.03. The van der Waals surface area contributed by atoms with Gasteiger partial charge in [0.15, 0.2) is 0 Å². The SMILES string of the molecule is CC(C)CC(C)N1CCCNC1=O. The lowest BCUT2D eigenvalue weighted by Gasteiger charge is -2.33. The molecule has 0 aromatic carbocycles. The number of carbonyl (C=O) groups excluding carboxylic acids is 1. The molecule has 1 fully saturated rings. The van der Waals surface area contributed by atoms with Gasteiger partial charge in [-0.3, -0.25) is 0 Å². The van der Waals surface area contributed by atoms with Gasteiger partial charge in [-0.15, -0.1) is 0 Å². The van der Waals surface area contributed by atoms with Gasteiger partial charge in [-0.25, -0.2) is 4.79 Å². The number of nitrogens with one attached hydrogen (secondary N) is 1. The van der Waals surface area contributed by atoms with Crippen LogP contribution in [0.1, 0.15) is 33.6 Å². The van der Waals surface area contributed by atoms with E-state index in [-0.39, 0.29) is 6.03 Å². The maximum atomic E-state index is 11.4. The number of urea groups is 1. The molecule has 1 atom stereocenters. The van der Waals surface area contributed by atoms with E-state index in [0.29, 0.717) is 12.0 Å². The third kappa shape index (κ3) is 2.90. The molecule has 1 rings (SSSR count). The van der Waals surface area contributed by atoms with Crippen LogP contribution in [0.5, 0.6) is 0 Å². The van der Waals surface area contributed by atoms with Gasteiger partial charge in [-0.2, -0.15) is 0 Å². The molecular weight excluding hydrogens is 164 g/mol. The Morgan fingerprint density at radius 2 is 2.15 bits per heavy atom. The van der Waals surface area contributed by atoms with E-state index in [0.717, 1.165) is 25.9 Å². The molecule has 0 aliphatic carbocycles. The second kappa shape index (κ2) is 4.49. The molecule has 0 saturated carbocycles. The second-order valence-electron chi connectivity index (χ2n) is 4.26. The Hall–Kier alpha value is -0.730. The molecule has 3 nitrogen and oxygen atoms in total. The van der Waals surface area contributed by atoms with Crippen LogP contribution >= 0.6 is 0 Å². The van der Waals surface area contributed by atoms with Gasteiger partial charge in [0.2, 0.25) is 0 Å². The minimum Gasteiger partial charge on any atom is -0.338 e. The number of nitrogens with zero attached hydrogens (tertiary/aromatic N) is 1. The number of carbonyl (C=O) groups is 1. The Balaban J connectivity index is 2.43. The van der Waals surface area contributed by atoms with Crippen molar-refractivity contribution in [3.05, 3.63) is 0 Å². The van der Waals surface area contributed by atoms with Crippen LogP contribution in [-0.2, 0) is 0 Å². The van der Waals surface area contributed by atoms with Crippen LogP contribution in [0.4, 0.5) is 4.79 Å². The van der Waals surface area contributed by atoms with Crippen molar-refractivity contribution < 1.29 is 4.79 Å². The van der Waals surface area contributed by atoms with Gasteiger partial charge < -0.3 is 10.2 Å². The molecule has 76 valence electrons. The van der Waals surface area contributed by atoms with Gasteiger partial charge in [0, 0.05) is 19.1 Å². The van der Waals surface area contributed by atoms with Crippen molar-refractivity contribution in [2.24, 2.45) is 5.92 Å². The third-order valence-electron chi connectivity index (χ3n) is 2.46. The average molecular weight is 184 g/mol. The number of hydrogen-bond donors (Lipinski definition) is 1. The molecule has 0 aromatic heterocycles. The normalized spacial score (nSPS) is 20.3. The smallest absolute Gasteiger partial charge is 0.317 e. The van der Waals surface area contributed by atoms with Gasteiger partial charge in [0.25, 0.3) is 0 Å². The van der Waals surface area contributed by atoms with Crippen molar-refractivity contribution >= 4 is 6.03 Å². The van der Waals surface area contributed by atoms with E-state index in [1.807, 2.05) is 4.90 Å². The number of amides is 2. The largest absolute Gasteiger partial charge is 0.338 e. The van der Waals surface area contributed by atoms with Crippen LogP contribution in [0.2, 0.25) is 0 Å². The highest BCUT2D eigenvalue weighted by Crippen LogP contribution is 2.13. The van der Waals surface area contributed by atoms with Crippen LogP contribution in [0.15, 0.2) is 0 Å². The summed E-state index contributed by atoms with van der Waals surface area (Å²) >= 11 is 0. The van der Waals surface area contributed by atoms with E-state index < -0.39 is 0 Å². The minimum atomic E-state index is 0.111. The topological polar surface area (TPSA) is 32.3 Å². The zero-order chi connectivity index (χ0) is 9.84. The van der Waals surface area contributed by atoms with Crippen molar-refractivity contribution in [2.45, 2.75) is 39.7 Å². The first-order valence-electron chi connectivity index (χ1n) is 5.15. The molecule has 1 N–H and O–H groups in total. The predicted molar refractivity (Wildman–Crippen MR) is 53.6 cm³/mol. The molecule has 0 bridgehead atoms. The Kier molecular flexibility index (Phi) is 3.58. The maximum Gasteiger partial charge on any atom is 0.317 e. The summed E-state index contributed by atoms with van der Waals surface area (Å²) in [4.78, 5) is 13.4. The standard InChI is InChI=1S/C10H20N2O/c1-8(2)7-9(3)12-6-4-5-11-10(12)13/h8-9H,4-7H2,1-3H3,(H,11,13). The monoisotopic (exact) mass is 184 g/mol. The summed E-state index contributed by atoms with van der Waals surface area (Å²) in [5.74, 6) is 0.657. The lowest BCUT2D eigenvalue weighted by Crippen LogP contribution is -2.50. The zero-order valence-electron chi connectivity index (χ0n) is 8.84. The van der Waals surface area contributed by atoms with E-state index in [2.05, 4.69) is 26.1 Å². The zero-order valence-corrected chi connectivity index (χ0v) is 8.84. The van der Waals surface area contributed by atoms with Crippen LogP contribution in [0, 0.1) is 5.92 Å². The van der Waals surface area contributed by atoms with Crippen LogP contribution < -0.4 is 5.32 Å². The van der Waals surface area contributed by atoms with Crippen LogP contribution in [-0.4, -0.2) is 30.1 Å². The van der Waals surface area contributed by atoms with Crippen LogP contribution in [0.3, 0.4) is 0 Å². The lowest BCUT2D eigenvalue weighted by molar-refractivity contribution is 0.157. The molecule has 0 aromatic rings. The molecule has 13 heavy (non-hydrogen) atoms. The van der Waals surface area contributed by atoms with Crippen molar-refractivity contribution in [3.8, 4) is 0 Å². The molecule has 1 aliphatic heterocycles. The second-order valence-corrected chi connectivity index (χ2v) is 4.26. The third-order valence-corrected chi connectivity index (χ3v) is 2.46. The van der Waals surface area contributed by atoms with Gasteiger partial charge in [-0.05, 0) is 25.7 Å². The van der Waals surface area contributed by atoms with Gasteiger partial charge in [-0.1, -0.05) is 13.8 Å². The molecule has 1 aliphatic rings. The fourth-order valence-electron chi connectivity index (χ4n) is 1.88. The fraction of sp³-hybridized carbons (Fsp3) is 0.900. The van der Waals surface area contributed by atoms with Crippen molar-refractivity contribution in [3.63, 3.8) is 0 Å². The molecule has 3 heteroatoms. The molecule has 1 saturated heterocycles. The highest BCUT2D eigenvalue weighted by atomic mass is 16.2. The Bertz CT molecular complexity index is 180. The maximum absolute atomic E-state index is 11.4. The summed E-state index contributed by atoms with van der Waals surface area (Å²) in [7, 11) is 0. The molecule has 0 radical (unpaired) electrons. The fourth-order valence-corrected chi connectivity index (χ4v) is 1.88. The van der Waals surface area contributed by atoms with E-state index in [9.17, 15) is 4.79 Å². The summed E-state index contributed by atoms with van der Waals surface area (Å²) in [6.07, 6.45) is 2.17. The Labute approximate surface area is 80.5 Å². The summed E-state index contributed by atoms with van der Waals surface area (Å²) < 4.78 is 0. The van der Waals surface area contributed by atoms with Crippen molar-refractivity contribution in [1.82, 2.24) is 10.2 Å². The van der Waals surface area contributed by atoms with Gasteiger partial charge >= 0.3 is 6.03 Å². The van der Waals surface area contributed by atoms with E-state index in [1.54, 1.807) is 0 Å². The first-order chi connectivity index (χ1) is 6.11. The van der Waals surface area contributed by atoms with Crippen LogP contribution in [0.25, 0.3) is 0 Å². The van der Waals surface area contributed by atoms with E-state index >= 15 is 0 Å². The molecule has 1 unspecified atom stereocenters. The lowest BCUT2D eigenvalue weighted by atomic mass is 10.0. The first kappa shape index (κ1) is 10.4. The molecule has 2 amide bonds. The molecule has 0 spiro atoms. The molecular formula is C10H20N2O. The number of rotatable bonds is 3. The Morgan fingerprint density at radius 3 is 2.69 bits per heavy atom. The Morgan fingerprint density at radius 1 is 1.46 bits per heavy atom. The predicted octanol–water partition coefficient (Wildman–Crippen LogP) is 1.84. The summed E-state index contributed by atoms with van der Waals surface area (Å²) in [6.45, 7) is 8.27. The highest BCUT2D eigenvalue weighted by Gasteiger charge is 2.22. The summed E-state index contributed by atoms with van der Waals surface area (Å²) in [5.41, 5.74) is 0. The quantitative estimate of drug-likeness (QED) is 0.713. The number of hydrogen-bond acceptors (Lipinski definition) is 1. The highest BCUT2D eigenvalue weighted by molar-refractivity contribution is 5.75. The molecule has 1 heterocycles. The van der Waals surface area contributed by atoms with E-state index in [1.165, 1.54) is 0 Å². The summed E-state index contributed by atoms with van der Waals surface area (Å²) in [6, 6.07) is 0.486. The van der Waals surface area contributed by atoms with Crippen molar-refractivity contribution in [2.75, 3.05) is 13.1 Å². The van der Waals surface area contributed by atoms with Gasteiger partial charge in [0.1, 0.15) is 0 Å². The summed E-state index contributed by atoms with van der Waals surface area (Å²) in [5, 5.41) is 2.87. The van der Waals surface area contributed by atoms with Gasteiger partial charge in [0.05, 0.1) is 0 Å².